The minimum atomic E-state index is -0.531. The number of hydrogen-bond acceptors (Lipinski definition) is 5. The van der Waals surface area contributed by atoms with Gasteiger partial charge in [0, 0.05) is 19.4 Å². The zero-order valence-electron chi connectivity index (χ0n) is 40.5. The number of esters is 2. The molecule has 1 atom stereocenters. The smallest absolute Gasteiger partial charge is 0.306 e. The summed E-state index contributed by atoms with van der Waals surface area (Å²) in [7, 11) is 0. The van der Waals surface area contributed by atoms with Crippen molar-refractivity contribution < 1.29 is 23.8 Å². The van der Waals surface area contributed by atoms with Gasteiger partial charge in [0.05, 0.1) is 6.61 Å². The van der Waals surface area contributed by atoms with Crippen molar-refractivity contribution in [3.05, 3.63) is 36.5 Å². The molecule has 0 saturated carbocycles. The highest BCUT2D eigenvalue weighted by Crippen LogP contribution is 2.15. The van der Waals surface area contributed by atoms with Crippen molar-refractivity contribution in [3.63, 3.8) is 0 Å². The van der Waals surface area contributed by atoms with Crippen LogP contribution in [0.25, 0.3) is 0 Å². The third-order valence-electron chi connectivity index (χ3n) is 11.6. The van der Waals surface area contributed by atoms with Crippen LogP contribution in [-0.4, -0.2) is 37.9 Å². The third kappa shape index (κ3) is 48.8. The van der Waals surface area contributed by atoms with E-state index in [1.807, 2.05) is 0 Å². The Balaban J connectivity index is 3.97. The van der Waals surface area contributed by atoms with Gasteiger partial charge in [-0.15, -0.1) is 0 Å². The molecule has 0 spiro atoms. The number of hydrogen-bond donors (Lipinski definition) is 0. The third-order valence-corrected chi connectivity index (χ3v) is 11.6. The van der Waals surface area contributed by atoms with Gasteiger partial charge in [0.1, 0.15) is 6.61 Å². The van der Waals surface area contributed by atoms with Crippen molar-refractivity contribution in [1.29, 1.82) is 0 Å². The number of carbonyl (C=O) groups excluding carboxylic acids is 2. The zero-order chi connectivity index (χ0) is 43.5. The predicted molar refractivity (Wildman–Crippen MR) is 261 cm³/mol. The fraction of sp³-hybridized carbons (Fsp3) is 0.855. The Bertz CT molecular complexity index is 955. The molecule has 0 amide bonds. The maximum absolute atomic E-state index is 12.6. The summed E-state index contributed by atoms with van der Waals surface area (Å²) in [5.74, 6) is -0.402. The summed E-state index contributed by atoms with van der Waals surface area (Å²) in [4.78, 5) is 25.1. The first-order chi connectivity index (χ1) is 29.6. The number of ether oxygens (including phenoxy) is 3. The standard InChI is InChI=1S/C55H102O5/c1-4-7-10-13-15-17-19-21-23-25-27-29-31-33-35-37-39-41-44-47-50-58-51-53(60-55(57)49-46-42-12-9-6-3)52-59-54(56)48-45-43-40-38-36-34-32-30-28-26-24-22-20-18-16-14-11-8-5-2/h15,17,21-24,53H,4-14,16,18-20,25-52H2,1-3H3/b17-15-,23-21-,24-22-. The van der Waals surface area contributed by atoms with Gasteiger partial charge in [0.2, 0.25) is 0 Å². The van der Waals surface area contributed by atoms with E-state index < -0.39 is 6.10 Å². The molecule has 0 saturated heterocycles. The van der Waals surface area contributed by atoms with Gasteiger partial charge in [-0.3, -0.25) is 9.59 Å². The molecule has 0 fully saturated rings. The molecule has 0 radical (unpaired) electrons. The Morgan fingerprint density at radius 1 is 0.367 bits per heavy atom. The molecule has 0 bridgehead atoms. The van der Waals surface area contributed by atoms with Crippen molar-refractivity contribution in [2.24, 2.45) is 0 Å². The Kier molecular flexibility index (Phi) is 49.9. The van der Waals surface area contributed by atoms with Gasteiger partial charge >= 0.3 is 11.9 Å². The van der Waals surface area contributed by atoms with Crippen LogP contribution < -0.4 is 0 Å². The summed E-state index contributed by atoms with van der Waals surface area (Å²) < 4.78 is 17.3. The van der Waals surface area contributed by atoms with E-state index in [0.29, 0.717) is 19.4 Å². The van der Waals surface area contributed by atoms with Gasteiger partial charge in [0.15, 0.2) is 6.10 Å². The Morgan fingerprint density at radius 2 is 0.700 bits per heavy atom. The first-order valence-electron chi connectivity index (χ1n) is 26.5. The fourth-order valence-electron chi connectivity index (χ4n) is 7.65. The van der Waals surface area contributed by atoms with E-state index in [9.17, 15) is 9.59 Å². The lowest BCUT2D eigenvalue weighted by Crippen LogP contribution is -2.30. The Labute approximate surface area is 374 Å². The molecule has 5 heteroatoms. The van der Waals surface area contributed by atoms with Crippen molar-refractivity contribution >= 4 is 11.9 Å². The van der Waals surface area contributed by atoms with E-state index in [1.54, 1.807) is 0 Å². The second-order valence-electron chi connectivity index (χ2n) is 17.8. The zero-order valence-corrected chi connectivity index (χ0v) is 40.5. The number of carbonyl (C=O) groups is 2. The lowest BCUT2D eigenvalue weighted by atomic mass is 10.1. The van der Waals surface area contributed by atoms with Crippen molar-refractivity contribution in [1.82, 2.24) is 0 Å². The van der Waals surface area contributed by atoms with Gasteiger partial charge in [-0.05, 0) is 77.0 Å². The second-order valence-corrected chi connectivity index (χ2v) is 17.8. The molecule has 0 aliphatic carbocycles. The Morgan fingerprint density at radius 3 is 1.15 bits per heavy atom. The number of unbranched alkanes of at least 4 members (excludes halogenated alkanes) is 32. The van der Waals surface area contributed by atoms with Crippen LogP contribution in [0, 0.1) is 0 Å². The molecule has 0 rings (SSSR count). The molecule has 0 N–H and O–H groups in total. The van der Waals surface area contributed by atoms with Crippen LogP contribution in [0.15, 0.2) is 36.5 Å². The van der Waals surface area contributed by atoms with E-state index in [4.69, 9.17) is 14.2 Å². The Hall–Kier alpha value is -1.88. The van der Waals surface area contributed by atoms with E-state index >= 15 is 0 Å². The lowest BCUT2D eigenvalue weighted by molar-refractivity contribution is -0.163. The number of rotatable bonds is 49. The average molecular weight is 843 g/mol. The normalized spacial score (nSPS) is 12.4. The number of allylic oxidation sites excluding steroid dienone is 6. The van der Waals surface area contributed by atoms with Gasteiger partial charge < -0.3 is 14.2 Å². The molecule has 0 aromatic heterocycles. The fourth-order valence-corrected chi connectivity index (χ4v) is 7.65. The molecular formula is C55H102O5. The van der Waals surface area contributed by atoms with Crippen LogP contribution in [0.4, 0.5) is 0 Å². The summed E-state index contributed by atoms with van der Waals surface area (Å²) in [6.45, 7) is 7.76. The molecule has 60 heavy (non-hydrogen) atoms. The first-order valence-corrected chi connectivity index (χ1v) is 26.5. The summed E-state index contributed by atoms with van der Waals surface area (Å²) in [5.41, 5.74) is 0. The van der Waals surface area contributed by atoms with Crippen molar-refractivity contribution in [3.8, 4) is 0 Å². The second kappa shape index (κ2) is 51.5. The van der Waals surface area contributed by atoms with Crippen LogP contribution in [-0.2, 0) is 23.8 Å². The molecule has 1 unspecified atom stereocenters. The highest BCUT2D eigenvalue weighted by atomic mass is 16.6. The average Bonchev–Trinajstić information content (AvgIpc) is 3.25. The molecule has 352 valence electrons. The van der Waals surface area contributed by atoms with Gasteiger partial charge in [0.25, 0.3) is 0 Å². The van der Waals surface area contributed by atoms with Crippen LogP contribution in [0.5, 0.6) is 0 Å². The molecule has 0 aromatic rings. The van der Waals surface area contributed by atoms with Crippen LogP contribution in [0.2, 0.25) is 0 Å². The molecule has 5 nitrogen and oxygen atoms in total. The van der Waals surface area contributed by atoms with Crippen molar-refractivity contribution in [2.45, 2.75) is 284 Å². The van der Waals surface area contributed by atoms with E-state index in [1.165, 1.54) is 193 Å². The summed E-state index contributed by atoms with van der Waals surface area (Å²) in [5, 5.41) is 0. The highest BCUT2D eigenvalue weighted by molar-refractivity contribution is 5.70. The largest absolute Gasteiger partial charge is 0.462 e. The van der Waals surface area contributed by atoms with Crippen LogP contribution in [0.3, 0.4) is 0 Å². The van der Waals surface area contributed by atoms with E-state index in [0.717, 1.165) is 51.4 Å². The highest BCUT2D eigenvalue weighted by Gasteiger charge is 2.17. The topological polar surface area (TPSA) is 61.8 Å². The summed E-state index contributed by atoms with van der Waals surface area (Å²) in [6.07, 6.45) is 61.9. The monoisotopic (exact) mass is 843 g/mol. The summed E-state index contributed by atoms with van der Waals surface area (Å²) in [6, 6.07) is 0. The molecule has 0 heterocycles. The minimum Gasteiger partial charge on any atom is -0.462 e. The SMILES string of the molecule is CCCCC/C=C\C/C=C\CCCCCCCCCCCCOCC(COC(=O)CCCCCCCCCCC/C=C\CCCCCCCC)OC(=O)CCCCCCC. The van der Waals surface area contributed by atoms with Gasteiger partial charge in [-0.25, -0.2) is 0 Å². The van der Waals surface area contributed by atoms with E-state index in [2.05, 4.69) is 57.2 Å². The molecular weight excluding hydrogens is 741 g/mol. The van der Waals surface area contributed by atoms with Gasteiger partial charge in [-0.1, -0.05) is 224 Å². The maximum Gasteiger partial charge on any atom is 0.306 e. The lowest BCUT2D eigenvalue weighted by Gasteiger charge is -2.18. The van der Waals surface area contributed by atoms with Crippen molar-refractivity contribution in [2.75, 3.05) is 19.8 Å². The molecule has 0 aliphatic rings. The van der Waals surface area contributed by atoms with Crippen LogP contribution >= 0.6 is 0 Å². The predicted octanol–water partition coefficient (Wildman–Crippen LogP) is 17.8. The van der Waals surface area contributed by atoms with E-state index in [-0.39, 0.29) is 25.2 Å². The maximum atomic E-state index is 12.6. The minimum absolute atomic E-state index is 0.0862. The molecule has 0 aliphatic heterocycles. The summed E-state index contributed by atoms with van der Waals surface area (Å²) >= 11 is 0. The van der Waals surface area contributed by atoms with Crippen LogP contribution in [0.1, 0.15) is 278 Å². The first kappa shape index (κ1) is 58.1. The quantitative estimate of drug-likeness (QED) is 0.0347. The molecule has 0 aromatic carbocycles. The van der Waals surface area contributed by atoms with Gasteiger partial charge in [-0.2, -0.15) is 0 Å².